The standard InChI is InChI=1S/C45H51NO13P2/c1-24-29(56-41(53)35(59-61-60)33(26-15-9-6-10-16-26)46-39(51)27-17-11-7-12-18-27)22-45(54)38(57-40(52)28-19-13-8-14-20-28)36-43(5,37(50)34(49)32(24)42(45,3)4)30(48)21-31-44(36,23-55-31)58-25(2)47/h6-20,29-31,33-36,38,48-49,54,61H,21-23,60H2,1-5H3,(H,46,51)/t29-,30-,31+,33-,34+,35-,36?,38-,43+,44-,45+/m0/s1. The number of ketones is 1. The Morgan fingerprint density at radius 3 is 2.05 bits per heavy atom. The number of carbonyl (C=O) groups excluding carboxylic acids is 5. The second kappa shape index (κ2) is 17.1. The first kappa shape index (κ1) is 44.7. The highest BCUT2D eigenvalue weighted by atomic mass is 32.0. The zero-order valence-corrected chi connectivity index (χ0v) is 36.6. The Morgan fingerprint density at radius 1 is 0.902 bits per heavy atom. The van der Waals surface area contributed by atoms with Crippen LogP contribution in [0.4, 0.5) is 0 Å². The molecule has 3 unspecified atom stereocenters. The molecule has 2 bridgehead atoms. The minimum Gasteiger partial charge on any atom is -0.456 e. The van der Waals surface area contributed by atoms with Crippen molar-refractivity contribution in [1.82, 2.24) is 5.32 Å². The predicted octanol–water partition coefficient (Wildman–Crippen LogP) is 4.57. The van der Waals surface area contributed by atoms with E-state index < -0.39 is 107 Å². The molecule has 1 amide bonds. The van der Waals surface area contributed by atoms with Crippen LogP contribution in [0.5, 0.6) is 0 Å². The fourth-order valence-corrected chi connectivity index (χ4v) is 10.9. The molecule has 61 heavy (non-hydrogen) atoms. The summed E-state index contributed by atoms with van der Waals surface area (Å²) >= 11 is 0. The van der Waals surface area contributed by atoms with Crippen molar-refractivity contribution in [2.45, 2.75) is 101 Å². The smallest absolute Gasteiger partial charge is 0.338 e. The molecule has 3 aromatic carbocycles. The Labute approximate surface area is 357 Å². The van der Waals surface area contributed by atoms with Crippen molar-refractivity contribution in [1.29, 1.82) is 0 Å². The lowest BCUT2D eigenvalue weighted by Gasteiger charge is -2.67. The number of rotatable bonds is 11. The van der Waals surface area contributed by atoms with Gasteiger partial charge in [-0.2, -0.15) is 0 Å². The van der Waals surface area contributed by atoms with E-state index in [1.54, 1.807) is 99.6 Å². The van der Waals surface area contributed by atoms with Gasteiger partial charge in [0.1, 0.15) is 30.0 Å². The maximum atomic E-state index is 15.1. The van der Waals surface area contributed by atoms with Gasteiger partial charge in [0.2, 0.25) is 0 Å². The van der Waals surface area contributed by atoms with Crippen LogP contribution in [-0.2, 0) is 37.9 Å². The first-order valence-electron chi connectivity index (χ1n) is 20.1. The van der Waals surface area contributed by atoms with Crippen LogP contribution in [-0.4, -0.2) is 99.4 Å². The van der Waals surface area contributed by atoms with Gasteiger partial charge in [-0.1, -0.05) is 89.5 Å². The van der Waals surface area contributed by atoms with E-state index in [0.717, 1.165) is 0 Å². The summed E-state index contributed by atoms with van der Waals surface area (Å²) in [5.74, 6) is -5.44. The number of Topliss-reactive ketones (excluding diaryl/α,β-unsaturated/α-hetero) is 1. The summed E-state index contributed by atoms with van der Waals surface area (Å²) in [5, 5.41) is 40.8. The van der Waals surface area contributed by atoms with Gasteiger partial charge in [-0.25, -0.2) is 9.59 Å². The van der Waals surface area contributed by atoms with E-state index >= 15 is 4.79 Å². The van der Waals surface area contributed by atoms with Crippen molar-refractivity contribution in [2.75, 3.05) is 6.61 Å². The summed E-state index contributed by atoms with van der Waals surface area (Å²) in [6, 6.07) is 24.0. The molecule has 3 aromatic rings. The number of fused-ring (bicyclic) bond motifs is 5. The van der Waals surface area contributed by atoms with Gasteiger partial charge in [0.25, 0.3) is 5.91 Å². The topological polar surface area (TPSA) is 204 Å². The van der Waals surface area contributed by atoms with E-state index in [-0.39, 0.29) is 38.2 Å². The number of aliphatic hydroxyl groups excluding tert-OH is 2. The van der Waals surface area contributed by atoms with Gasteiger partial charge in [0.05, 0.1) is 35.6 Å². The van der Waals surface area contributed by atoms with Gasteiger partial charge in [0.15, 0.2) is 17.5 Å². The molecular formula is C45H51NO13P2. The third kappa shape index (κ3) is 7.54. The van der Waals surface area contributed by atoms with Crippen molar-refractivity contribution in [3.8, 4) is 0 Å². The molecule has 7 rings (SSSR count). The van der Waals surface area contributed by atoms with E-state index in [1.165, 1.54) is 26.0 Å². The summed E-state index contributed by atoms with van der Waals surface area (Å²) in [7, 11) is 2.07. The van der Waals surface area contributed by atoms with Gasteiger partial charge >= 0.3 is 17.9 Å². The number of benzene rings is 3. The largest absolute Gasteiger partial charge is 0.456 e. The molecule has 4 N–H and O–H groups in total. The number of nitrogens with one attached hydrogen (secondary N) is 1. The van der Waals surface area contributed by atoms with Crippen LogP contribution in [0.25, 0.3) is 0 Å². The SMILES string of the molecule is CC(=O)O[C@@]12CO[C@@H]1C[C@H](O)[C@@]1(C)C(=O)[C@H](O)C3=C(C)[C@@H](OC(=O)[C@@H](OPP)[C@@H](NC(=O)c4ccccc4)c4ccccc4)C[C@@](O)([C@@H](OC(=O)c4ccccc4)C12)C3(C)C. The molecule has 16 heteroatoms. The Bertz CT molecular complexity index is 2210. The Kier molecular flexibility index (Phi) is 12.5. The minimum atomic E-state index is -2.31. The Morgan fingerprint density at radius 2 is 1.49 bits per heavy atom. The molecule has 1 saturated heterocycles. The molecule has 324 valence electrons. The lowest BCUT2D eigenvalue weighted by Crippen LogP contribution is -2.81. The first-order chi connectivity index (χ1) is 28.9. The fourth-order valence-electron chi connectivity index (χ4n) is 10.1. The molecule has 3 fully saturated rings. The van der Waals surface area contributed by atoms with Crippen LogP contribution in [0, 0.1) is 16.7 Å². The molecule has 14 nitrogen and oxygen atoms in total. The summed E-state index contributed by atoms with van der Waals surface area (Å²) in [5.41, 5.74) is -6.42. The number of amides is 1. The molecule has 2 saturated carbocycles. The second-order valence-electron chi connectivity index (χ2n) is 17.0. The maximum Gasteiger partial charge on any atom is 0.338 e. The van der Waals surface area contributed by atoms with Gasteiger partial charge in [0, 0.05) is 39.2 Å². The first-order valence-corrected chi connectivity index (χ1v) is 22.8. The minimum absolute atomic E-state index is 0.00687. The lowest BCUT2D eigenvalue weighted by atomic mass is 9.44. The third-order valence-electron chi connectivity index (χ3n) is 13.4. The van der Waals surface area contributed by atoms with Crippen molar-refractivity contribution < 1.29 is 62.8 Å². The fraction of sp³-hybridized carbons (Fsp3) is 0.444. The molecule has 0 radical (unpaired) electrons. The van der Waals surface area contributed by atoms with E-state index in [4.69, 9.17) is 23.5 Å². The molecule has 4 aliphatic rings. The van der Waals surface area contributed by atoms with Crippen LogP contribution in [0.1, 0.15) is 79.8 Å². The monoisotopic (exact) mass is 875 g/mol. The average Bonchev–Trinajstić information content (AvgIpc) is 3.24. The quantitative estimate of drug-likeness (QED) is 0.0904. The average molecular weight is 876 g/mol. The van der Waals surface area contributed by atoms with Crippen molar-refractivity contribution >= 4 is 47.0 Å². The van der Waals surface area contributed by atoms with Gasteiger partial charge in [-0.3, -0.25) is 14.4 Å². The molecule has 1 heterocycles. The van der Waals surface area contributed by atoms with Crippen LogP contribution < -0.4 is 5.32 Å². The van der Waals surface area contributed by atoms with E-state index in [1.807, 2.05) is 0 Å². The second-order valence-corrected chi connectivity index (χ2v) is 18.2. The predicted molar refractivity (Wildman–Crippen MR) is 225 cm³/mol. The van der Waals surface area contributed by atoms with Crippen LogP contribution >= 0.6 is 17.4 Å². The van der Waals surface area contributed by atoms with E-state index in [0.29, 0.717) is 11.1 Å². The van der Waals surface area contributed by atoms with Crippen LogP contribution in [0.15, 0.2) is 102 Å². The Hall–Kier alpha value is -4.39. The molecule has 1 aliphatic heterocycles. The molecule has 3 aliphatic carbocycles. The zero-order valence-electron chi connectivity index (χ0n) is 34.4. The molecule has 0 spiro atoms. The maximum absolute atomic E-state index is 15.1. The zero-order chi connectivity index (χ0) is 44.1. The third-order valence-corrected chi connectivity index (χ3v) is 14.2. The van der Waals surface area contributed by atoms with Crippen LogP contribution in [0.3, 0.4) is 0 Å². The van der Waals surface area contributed by atoms with Gasteiger partial charge in [-0.15, -0.1) is 0 Å². The summed E-state index contributed by atoms with van der Waals surface area (Å²) in [6.45, 7) is 7.07. The molecule has 13 atom stereocenters. The highest BCUT2D eigenvalue weighted by Gasteiger charge is 2.78. The van der Waals surface area contributed by atoms with Crippen molar-refractivity contribution in [2.24, 2.45) is 16.7 Å². The molecule has 0 aromatic heterocycles. The Balaban J connectivity index is 1.36. The highest BCUT2D eigenvalue weighted by Crippen LogP contribution is 2.64. The lowest BCUT2D eigenvalue weighted by molar-refractivity contribution is -0.346. The van der Waals surface area contributed by atoms with Crippen molar-refractivity contribution in [3.63, 3.8) is 0 Å². The van der Waals surface area contributed by atoms with Gasteiger partial charge in [-0.05, 0) is 54.8 Å². The number of ether oxygens (including phenoxy) is 4. The van der Waals surface area contributed by atoms with Crippen molar-refractivity contribution in [3.05, 3.63) is 119 Å². The summed E-state index contributed by atoms with van der Waals surface area (Å²) in [4.78, 5) is 70.5. The normalized spacial score (nSPS) is 32.5. The van der Waals surface area contributed by atoms with Crippen LogP contribution in [0.2, 0.25) is 0 Å². The number of esters is 3. The number of hydrogen-bond donors (Lipinski definition) is 4. The van der Waals surface area contributed by atoms with Gasteiger partial charge < -0.3 is 44.1 Å². The summed E-state index contributed by atoms with van der Waals surface area (Å²) in [6.07, 6.45) is -9.68. The highest BCUT2D eigenvalue weighted by molar-refractivity contribution is 8.00. The number of aliphatic hydroxyl groups is 3. The van der Waals surface area contributed by atoms with E-state index in [9.17, 15) is 34.5 Å². The number of hydrogen-bond acceptors (Lipinski definition) is 13. The summed E-state index contributed by atoms with van der Waals surface area (Å²) < 4.78 is 30.6. The molecular weight excluding hydrogens is 824 g/mol. The van der Waals surface area contributed by atoms with E-state index in [2.05, 4.69) is 14.2 Å². The number of carbonyl (C=O) groups is 5.